The van der Waals surface area contributed by atoms with Crippen LogP contribution in [0.15, 0.2) is 36.4 Å². The standard InChI is InChI=1S/C21H19ClF2O2/c1-2-3-15-12-25-21(26-13-15)16-10-19(23)18(20(24)11-16)9-6-14-4-7-17(22)8-5-14/h4-5,7-8,10-11,15,21H,2-3,12-13H2,1H3. The van der Waals surface area contributed by atoms with E-state index in [9.17, 15) is 8.78 Å². The van der Waals surface area contributed by atoms with Gasteiger partial charge in [-0.2, -0.15) is 0 Å². The van der Waals surface area contributed by atoms with Gasteiger partial charge >= 0.3 is 0 Å². The molecule has 1 fully saturated rings. The van der Waals surface area contributed by atoms with E-state index in [1.54, 1.807) is 24.3 Å². The van der Waals surface area contributed by atoms with Gasteiger partial charge in [-0.05, 0) is 42.8 Å². The Morgan fingerprint density at radius 2 is 1.65 bits per heavy atom. The summed E-state index contributed by atoms with van der Waals surface area (Å²) in [7, 11) is 0. The average Bonchev–Trinajstić information content (AvgIpc) is 2.63. The molecule has 2 nitrogen and oxygen atoms in total. The summed E-state index contributed by atoms with van der Waals surface area (Å²) in [5.74, 6) is 4.15. The van der Waals surface area contributed by atoms with Gasteiger partial charge < -0.3 is 9.47 Å². The minimum atomic E-state index is -0.745. The van der Waals surface area contributed by atoms with Gasteiger partial charge in [0, 0.05) is 22.1 Å². The van der Waals surface area contributed by atoms with Crippen molar-refractivity contribution in [2.45, 2.75) is 26.1 Å². The van der Waals surface area contributed by atoms with Crippen LogP contribution in [0, 0.1) is 29.4 Å². The normalized spacial score (nSPS) is 19.7. The van der Waals surface area contributed by atoms with E-state index in [1.807, 2.05) is 0 Å². The van der Waals surface area contributed by atoms with Crippen LogP contribution >= 0.6 is 11.6 Å². The Kier molecular flexibility index (Phi) is 6.26. The minimum absolute atomic E-state index is 0.275. The summed E-state index contributed by atoms with van der Waals surface area (Å²) in [6, 6.07) is 9.17. The Bertz CT molecular complexity index is 793. The van der Waals surface area contributed by atoms with Crippen LogP contribution in [0.2, 0.25) is 5.02 Å². The van der Waals surface area contributed by atoms with E-state index in [2.05, 4.69) is 18.8 Å². The SMILES string of the molecule is CCCC1COC(c2cc(F)c(C#Cc3ccc(Cl)cc3)c(F)c2)OC1. The Hall–Kier alpha value is -1.93. The van der Waals surface area contributed by atoms with Crippen LogP contribution in [0.3, 0.4) is 0 Å². The van der Waals surface area contributed by atoms with Crippen LogP contribution in [0.5, 0.6) is 0 Å². The van der Waals surface area contributed by atoms with E-state index in [4.69, 9.17) is 21.1 Å². The largest absolute Gasteiger partial charge is 0.348 e. The Labute approximate surface area is 157 Å². The first-order valence-electron chi connectivity index (χ1n) is 8.56. The fourth-order valence-corrected chi connectivity index (χ4v) is 2.95. The lowest BCUT2D eigenvalue weighted by atomic mass is 10.0. The summed E-state index contributed by atoms with van der Waals surface area (Å²) in [5.41, 5.74) is 0.675. The lowest BCUT2D eigenvalue weighted by Crippen LogP contribution is -2.27. The molecule has 1 heterocycles. The molecule has 0 spiro atoms. The lowest BCUT2D eigenvalue weighted by molar-refractivity contribution is -0.206. The minimum Gasteiger partial charge on any atom is -0.348 e. The highest BCUT2D eigenvalue weighted by molar-refractivity contribution is 6.30. The predicted octanol–water partition coefficient (Wildman–Crippen LogP) is 5.48. The molecule has 0 aromatic heterocycles. The second-order valence-electron chi connectivity index (χ2n) is 6.27. The number of hydrogen-bond donors (Lipinski definition) is 0. The first-order valence-corrected chi connectivity index (χ1v) is 8.94. The van der Waals surface area contributed by atoms with E-state index in [1.165, 1.54) is 12.1 Å². The highest BCUT2D eigenvalue weighted by atomic mass is 35.5. The van der Waals surface area contributed by atoms with Gasteiger partial charge in [0.15, 0.2) is 6.29 Å². The molecule has 0 radical (unpaired) electrons. The maximum Gasteiger partial charge on any atom is 0.184 e. The topological polar surface area (TPSA) is 18.5 Å². The van der Waals surface area contributed by atoms with Gasteiger partial charge in [-0.15, -0.1) is 0 Å². The maximum absolute atomic E-state index is 14.4. The van der Waals surface area contributed by atoms with E-state index in [0.717, 1.165) is 12.8 Å². The van der Waals surface area contributed by atoms with Crippen LogP contribution < -0.4 is 0 Å². The molecule has 136 valence electrons. The molecular weight excluding hydrogens is 358 g/mol. The van der Waals surface area contributed by atoms with Gasteiger partial charge in [-0.3, -0.25) is 0 Å². The number of rotatable bonds is 3. The van der Waals surface area contributed by atoms with Crippen molar-refractivity contribution in [1.29, 1.82) is 0 Å². The summed E-state index contributed by atoms with van der Waals surface area (Å²) in [5, 5.41) is 0.575. The van der Waals surface area contributed by atoms with E-state index in [-0.39, 0.29) is 5.56 Å². The highest BCUT2D eigenvalue weighted by Gasteiger charge is 2.24. The van der Waals surface area contributed by atoms with Gasteiger partial charge in [0.1, 0.15) is 11.6 Å². The molecule has 0 bridgehead atoms. The van der Waals surface area contributed by atoms with Gasteiger partial charge in [-0.1, -0.05) is 36.8 Å². The molecule has 1 aliphatic heterocycles. The molecule has 0 aliphatic carbocycles. The molecule has 3 rings (SSSR count). The second kappa shape index (κ2) is 8.64. The van der Waals surface area contributed by atoms with Crippen LogP contribution in [-0.2, 0) is 9.47 Å². The van der Waals surface area contributed by atoms with Crippen LogP contribution in [0.4, 0.5) is 8.78 Å². The van der Waals surface area contributed by atoms with Gasteiger partial charge in [0.2, 0.25) is 0 Å². The predicted molar refractivity (Wildman–Crippen MR) is 96.8 cm³/mol. The maximum atomic E-state index is 14.4. The van der Waals surface area contributed by atoms with Gasteiger partial charge in [0.25, 0.3) is 0 Å². The fourth-order valence-electron chi connectivity index (χ4n) is 2.83. The Morgan fingerprint density at radius 1 is 1.04 bits per heavy atom. The van der Waals surface area contributed by atoms with Gasteiger partial charge in [0.05, 0.1) is 18.8 Å². The molecule has 0 N–H and O–H groups in total. The molecule has 26 heavy (non-hydrogen) atoms. The molecule has 1 saturated heterocycles. The molecule has 0 saturated carbocycles. The van der Waals surface area contributed by atoms with Crippen molar-refractivity contribution >= 4 is 11.6 Å². The number of halogens is 3. The Morgan fingerprint density at radius 3 is 2.23 bits per heavy atom. The molecule has 2 aromatic carbocycles. The molecule has 5 heteroatoms. The van der Waals surface area contributed by atoms with Crippen LogP contribution in [-0.4, -0.2) is 13.2 Å². The van der Waals surface area contributed by atoms with Crippen molar-refractivity contribution in [2.24, 2.45) is 5.92 Å². The summed E-state index contributed by atoms with van der Waals surface area (Å²) < 4.78 is 39.9. The van der Waals surface area contributed by atoms with Crippen molar-refractivity contribution in [1.82, 2.24) is 0 Å². The molecule has 0 unspecified atom stereocenters. The quantitative estimate of drug-likeness (QED) is 0.660. The highest BCUT2D eigenvalue weighted by Crippen LogP contribution is 2.29. The lowest BCUT2D eigenvalue weighted by Gasteiger charge is -2.29. The van der Waals surface area contributed by atoms with Crippen molar-refractivity contribution in [3.63, 3.8) is 0 Å². The molecular formula is C21H19ClF2O2. The van der Waals surface area contributed by atoms with Crippen molar-refractivity contribution in [3.05, 3.63) is 69.7 Å². The fraction of sp³-hybridized carbons (Fsp3) is 0.333. The zero-order valence-electron chi connectivity index (χ0n) is 14.4. The smallest absolute Gasteiger partial charge is 0.184 e. The second-order valence-corrected chi connectivity index (χ2v) is 6.71. The summed E-state index contributed by atoms with van der Waals surface area (Å²) >= 11 is 5.81. The molecule has 0 atom stereocenters. The van der Waals surface area contributed by atoms with Crippen molar-refractivity contribution < 1.29 is 18.3 Å². The number of benzene rings is 2. The van der Waals surface area contributed by atoms with E-state index >= 15 is 0 Å². The summed E-state index contributed by atoms with van der Waals surface area (Å²) in [4.78, 5) is 0. The monoisotopic (exact) mass is 376 g/mol. The summed E-state index contributed by atoms with van der Waals surface area (Å²) in [6.45, 7) is 3.15. The number of ether oxygens (including phenoxy) is 2. The molecule has 0 amide bonds. The van der Waals surface area contributed by atoms with E-state index < -0.39 is 17.9 Å². The zero-order valence-corrected chi connectivity index (χ0v) is 15.2. The third-order valence-electron chi connectivity index (χ3n) is 4.18. The molecule has 1 aliphatic rings. The Balaban J connectivity index is 1.76. The first kappa shape index (κ1) is 18.8. The zero-order chi connectivity index (χ0) is 18.5. The van der Waals surface area contributed by atoms with Crippen LogP contribution in [0.1, 0.15) is 42.7 Å². The van der Waals surface area contributed by atoms with Crippen molar-refractivity contribution in [2.75, 3.05) is 13.2 Å². The van der Waals surface area contributed by atoms with Crippen molar-refractivity contribution in [3.8, 4) is 11.8 Å². The van der Waals surface area contributed by atoms with E-state index in [0.29, 0.717) is 35.3 Å². The van der Waals surface area contributed by atoms with Crippen LogP contribution in [0.25, 0.3) is 0 Å². The molecule has 2 aromatic rings. The number of hydrogen-bond acceptors (Lipinski definition) is 2. The average molecular weight is 377 g/mol. The van der Waals surface area contributed by atoms with Gasteiger partial charge in [-0.25, -0.2) is 8.78 Å². The third-order valence-corrected chi connectivity index (χ3v) is 4.43. The summed E-state index contributed by atoms with van der Waals surface area (Å²) in [6.07, 6.45) is 1.31. The first-order chi connectivity index (χ1) is 12.6. The third kappa shape index (κ3) is 4.62.